The van der Waals surface area contributed by atoms with Crippen LogP contribution in [-0.2, 0) is 9.84 Å². The fraction of sp³-hybridized carbons (Fsp3) is 0.400. The molecule has 23 heavy (non-hydrogen) atoms. The van der Waals surface area contributed by atoms with Crippen LogP contribution in [0, 0.1) is 0 Å². The minimum atomic E-state index is -3.02. The van der Waals surface area contributed by atoms with Crippen molar-refractivity contribution in [1.82, 2.24) is 9.97 Å². The monoisotopic (exact) mass is 354 g/mol. The molecule has 3 rings (SSSR count). The minimum Gasteiger partial charge on any atom is -0.474 e. The van der Waals surface area contributed by atoms with E-state index in [4.69, 9.17) is 16.3 Å². The maximum atomic E-state index is 11.8. The van der Waals surface area contributed by atoms with Crippen molar-refractivity contribution in [2.24, 2.45) is 0 Å². The first-order valence-electron chi connectivity index (χ1n) is 7.22. The summed E-state index contributed by atoms with van der Waals surface area (Å²) in [4.78, 5) is 19.3. The van der Waals surface area contributed by atoms with Crippen LogP contribution >= 0.6 is 11.6 Å². The van der Waals surface area contributed by atoms with Gasteiger partial charge in [-0.3, -0.25) is 4.79 Å². The van der Waals surface area contributed by atoms with Crippen LogP contribution < -0.4 is 4.74 Å². The lowest BCUT2D eigenvalue weighted by atomic mass is 9.95. The second kappa shape index (κ2) is 6.05. The van der Waals surface area contributed by atoms with Crippen molar-refractivity contribution in [3.05, 3.63) is 29.2 Å². The molecule has 0 N–H and O–H groups in total. The molecule has 1 aliphatic carbocycles. The summed E-state index contributed by atoms with van der Waals surface area (Å²) in [5, 5.41) is 1.13. The van der Waals surface area contributed by atoms with E-state index in [1.807, 2.05) is 0 Å². The van der Waals surface area contributed by atoms with Gasteiger partial charge in [0, 0.05) is 41.9 Å². The number of sulfone groups is 1. The lowest BCUT2D eigenvalue weighted by Crippen LogP contribution is -2.43. The lowest BCUT2D eigenvalue weighted by Gasteiger charge is -2.34. The third-order valence-corrected chi connectivity index (χ3v) is 6.51. The summed E-state index contributed by atoms with van der Waals surface area (Å²) >= 11 is 5.87. The molecule has 0 aliphatic heterocycles. The Kier molecular flexibility index (Phi) is 4.25. The van der Waals surface area contributed by atoms with Crippen LogP contribution in [0.1, 0.15) is 30.1 Å². The van der Waals surface area contributed by atoms with Gasteiger partial charge in [0.25, 0.3) is 0 Å². The predicted molar refractivity (Wildman–Crippen MR) is 86.8 cm³/mol. The predicted octanol–water partition coefficient (Wildman–Crippen LogP) is 2.44. The number of carbonyl (C=O) groups excluding carboxylic acids is 1. The maximum Gasteiger partial charge on any atom is 0.223 e. The van der Waals surface area contributed by atoms with Crippen LogP contribution in [-0.4, -0.2) is 41.8 Å². The lowest BCUT2D eigenvalue weighted by molar-refractivity contribution is 0.112. The van der Waals surface area contributed by atoms with Crippen LogP contribution in [0.5, 0.6) is 5.88 Å². The molecule has 1 saturated carbocycles. The van der Waals surface area contributed by atoms with Crippen LogP contribution in [0.2, 0.25) is 5.15 Å². The highest BCUT2D eigenvalue weighted by atomic mass is 35.5. The van der Waals surface area contributed by atoms with Crippen molar-refractivity contribution in [2.45, 2.75) is 31.1 Å². The summed E-state index contributed by atoms with van der Waals surface area (Å²) in [7, 11) is -3.02. The Balaban J connectivity index is 1.84. The Hall–Kier alpha value is -1.73. The molecule has 2 aromatic rings. The van der Waals surface area contributed by atoms with Gasteiger partial charge < -0.3 is 4.74 Å². The Labute approximate surface area is 138 Å². The van der Waals surface area contributed by atoms with Crippen LogP contribution in [0.4, 0.5) is 0 Å². The fourth-order valence-corrected chi connectivity index (χ4v) is 4.24. The van der Waals surface area contributed by atoms with Crippen LogP contribution in [0.15, 0.2) is 18.5 Å². The Morgan fingerprint density at radius 3 is 2.70 bits per heavy atom. The third-order valence-electron chi connectivity index (χ3n) is 4.10. The van der Waals surface area contributed by atoms with E-state index in [-0.39, 0.29) is 22.3 Å². The van der Waals surface area contributed by atoms with Gasteiger partial charge in [-0.2, -0.15) is 0 Å². The first kappa shape index (κ1) is 16.1. The molecule has 0 bridgehead atoms. The summed E-state index contributed by atoms with van der Waals surface area (Å²) in [6, 6.07) is 1.58. The Morgan fingerprint density at radius 2 is 2.04 bits per heavy atom. The number of rotatable bonds is 5. The van der Waals surface area contributed by atoms with Crippen LogP contribution in [0.25, 0.3) is 10.8 Å². The normalized spacial score (nSPS) is 21.0. The van der Waals surface area contributed by atoms with Crippen LogP contribution in [0.3, 0.4) is 0 Å². The molecule has 6 nitrogen and oxygen atoms in total. The number of pyridine rings is 2. The van der Waals surface area contributed by atoms with Gasteiger partial charge in [0.2, 0.25) is 5.88 Å². The average molecular weight is 355 g/mol. The number of hydrogen-bond acceptors (Lipinski definition) is 6. The van der Waals surface area contributed by atoms with Gasteiger partial charge in [-0.25, -0.2) is 18.4 Å². The molecule has 0 spiro atoms. The average Bonchev–Trinajstić information content (AvgIpc) is 2.49. The maximum absolute atomic E-state index is 11.8. The van der Waals surface area contributed by atoms with E-state index in [0.717, 1.165) is 0 Å². The van der Waals surface area contributed by atoms with E-state index in [1.54, 1.807) is 13.0 Å². The van der Waals surface area contributed by atoms with Crippen molar-refractivity contribution in [3.8, 4) is 5.88 Å². The molecule has 0 aromatic carbocycles. The number of carbonyl (C=O) groups is 1. The number of halogens is 1. The zero-order chi connectivity index (χ0) is 16.6. The summed E-state index contributed by atoms with van der Waals surface area (Å²) in [5.74, 6) is 0.481. The first-order chi connectivity index (χ1) is 10.9. The zero-order valence-corrected chi connectivity index (χ0v) is 14.0. The molecule has 0 atom stereocenters. The van der Waals surface area contributed by atoms with Gasteiger partial charge in [0.15, 0.2) is 16.1 Å². The molecule has 0 radical (unpaired) electrons. The van der Waals surface area contributed by atoms with Crippen molar-refractivity contribution in [2.75, 3.05) is 5.75 Å². The first-order valence-corrected chi connectivity index (χ1v) is 9.31. The van der Waals surface area contributed by atoms with E-state index >= 15 is 0 Å². The van der Waals surface area contributed by atoms with Crippen molar-refractivity contribution >= 4 is 38.5 Å². The number of hydrogen-bond donors (Lipinski definition) is 0. The van der Waals surface area contributed by atoms with Gasteiger partial charge in [0.05, 0.1) is 10.6 Å². The standard InChI is InChI=1S/C15H15ClN2O4S/c1-2-23(20,21)11-3-10(4-11)22-15-13-7-17-14(16)5-12(13)9(8-19)6-18-15/h5-8,10-11H,2-4H2,1H3. The molecular formula is C15H15ClN2O4S. The molecule has 2 aromatic heterocycles. The van der Waals surface area contributed by atoms with Crippen molar-refractivity contribution in [3.63, 3.8) is 0 Å². The molecule has 0 unspecified atom stereocenters. The summed E-state index contributed by atoms with van der Waals surface area (Å²) in [6.07, 6.45) is 4.33. The van der Waals surface area contributed by atoms with Gasteiger partial charge in [-0.1, -0.05) is 18.5 Å². The second-order valence-corrected chi connectivity index (χ2v) is 8.43. The molecule has 0 saturated heterocycles. The minimum absolute atomic E-state index is 0.141. The van der Waals surface area contributed by atoms with E-state index in [9.17, 15) is 13.2 Å². The molecular weight excluding hydrogens is 340 g/mol. The zero-order valence-electron chi connectivity index (χ0n) is 12.4. The highest BCUT2D eigenvalue weighted by molar-refractivity contribution is 7.92. The highest BCUT2D eigenvalue weighted by Crippen LogP contribution is 2.34. The molecule has 1 aliphatic rings. The number of ether oxygens (including phenoxy) is 1. The highest BCUT2D eigenvalue weighted by Gasteiger charge is 2.39. The van der Waals surface area contributed by atoms with Gasteiger partial charge >= 0.3 is 0 Å². The smallest absolute Gasteiger partial charge is 0.223 e. The molecule has 8 heteroatoms. The van der Waals surface area contributed by atoms with E-state index in [0.29, 0.717) is 41.3 Å². The largest absolute Gasteiger partial charge is 0.474 e. The quantitative estimate of drug-likeness (QED) is 0.605. The van der Waals surface area contributed by atoms with E-state index in [1.165, 1.54) is 12.4 Å². The van der Waals surface area contributed by atoms with Crippen molar-refractivity contribution < 1.29 is 17.9 Å². The topological polar surface area (TPSA) is 86.2 Å². The molecule has 0 amide bonds. The fourth-order valence-electron chi connectivity index (χ4n) is 2.59. The Bertz CT molecular complexity index is 863. The SMILES string of the molecule is CCS(=O)(=O)C1CC(Oc2ncc(C=O)c3cc(Cl)ncc23)C1. The second-order valence-electron chi connectivity index (χ2n) is 5.47. The van der Waals surface area contributed by atoms with Gasteiger partial charge in [0.1, 0.15) is 11.3 Å². The third kappa shape index (κ3) is 3.03. The van der Waals surface area contributed by atoms with E-state index < -0.39 is 9.84 Å². The summed E-state index contributed by atoms with van der Waals surface area (Å²) in [6.45, 7) is 1.64. The van der Waals surface area contributed by atoms with Gasteiger partial charge in [-0.15, -0.1) is 0 Å². The number of aldehydes is 1. The molecule has 1 fully saturated rings. The van der Waals surface area contributed by atoms with E-state index in [2.05, 4.69) is 9.97 Å². The van der Waals surface area contributed by atoms with Gasteiger partial charge in [-0.05, 0) is 6.07 Å². The Morgan fingerprint density at radius 1 is 1.30 bits per heavy atom. The molecule has 2 heterocycles. The van der Waals surface area contributed by atoms with Crippen molar-refractivity contribution in [1.29, 1.82) is 0 Å². The number of nitrogens with zero attached hydrogens (tertiary/aromatic N) is 2. The summed E-state index contributed by atoms with van der Waals surface area (Å²) < 4.78 is 29.4. The number of fused-ring (bicyclic) bond motifs is 1. The molecule has 122 valence electrons. The summed E-state index contributed by atoms with van der Waals surface area (Å²) in [5.41, 5.74) is 0.400. The number of aromatic nitrogens is 2.